The van der Waals surface area contributed by atoms with Crippen molar-refractivity contribution in [3.05, 3.63) is 24.3 Å². The number of hydrogen-bond donors (Lipinski definition) is 1. The zero-order valence-corrected chi connectivity index (χ0v) is 10.2. The number of anilines is 1. The molecule has 1 saturated carbocycles. The molecule has 1 N–H and O–H groups in total. The summed E-state index contributed by atoms with van der Waals surface area (Å²) in [5, 5.41) is 3.10. The van der Waals surface area contributed by atoms with Gasteiger partial charge < -0.3 is 5.32 Å². The smallest absolute Gasteiger partial charge is 0.322 e. The Morgan fingerprint density at radius 2 is 2.06 bits per heavy atom. The molecule has 18 heavy (non-hydrogen) atoms. The van der Waals surface area contributed by atoms with Crippen LogP contribution in [-0.4, -0.2) is 23.1 Å². The maximum atomic E-state index is 12.8. The summed E-state index contributed by atoms with van der Waals surface area (Å²) < 4.78 is 12.8. The summed E-state index contributed by atoms with van der Waals surface area (Å²) in [5.74, 6) is -0.522. The molecule has 3 rings (SSSR count). The SMILES string of the molecule is O=C1NC2(CCCCC2)CN1c1ccc(F)nc1. The van der Waals surface area contributed by atoms with Gasteiger partial charge in [0.2, 0.25) is 5.95 Å². The van der Waals surface area contributed by atoms with Crippen LogP contribution in [0.1, 0.15) is 32.1 Å². The fourth-order valence-electron chi connectivity index (χ4n) is 2.96. The number of halogens is 1. The van der Waals surface area contributed by atoms with E-state index in [1.807, 2.05) is 0 Å². The molecule has 5 heteroatoms. The first kappa shape index (κ1) is 11.4. The van der Waals surface area contributed by atoms with Gasteiger partial charge in [0.1, 0.15) is 0 Å². The van der Waals surface area contributed by atoms with Gasteiger partial charge in [0.15, 0.2) is 0 Å². The number of hydrogen-bond acceptors (Lipinski definition) is 2. The van der Waals surface area contributed by atoms with E-state index in [1.54, 1.807) is 11.0 Å². The van der Waals surface area contributed by atoms with Crippen LogP contribution >= 0.6 is 0 Å². The van der Waals surface area contributed by atoms with Gasteiger partial charge in [-0.25, -0.2) is 9.78 Å². The lowest BCUT2D eigenvalue weighted by molar-refractivity contribution is 0.237. The van der Waals surface area contributed by atoms with E-state index < -0.39 is 5.95 Å². The Balaban J connectivity index is 1.82. The number of nitrogens with one attached hydrogen (secondary N) is 1. The van der Waals surface area contributed by atoms with Gasteiger partial charge in [-0.05, 0) is 25.0 Å². The van der Waals surface area contributed by atoms with Crippen molar-refractivity contribution in [2.45, 2.75) is 37.6 Å². The number of carbonyl (C=O) groups excluding carboxylic acids is 1. The van der Waals surface area contributed by atoms with E-state index in [4.69, 9.17) is 0 Å². The van der Waals surface area contributed by atoms with E-state index in [9.17, 15) is 9.18 Å². The first-order valence-electron chi connectivity index (χ1n) is 6.40. The fourth-order valence-corrected chi connectivity index (χ4v) is 2.96. The van der Waals surface area contributed by atoms with Crippen molar-refractivity contribution in [1.82, 2.24) is 10.3 Å². The van der Waals surface area contributed by atoms with E-state index in [-0.39, 0.29) is 11.6 Å². The van der Waals surface area contributed by atoms with Crippen LogP contribution in [0.4, 0.5) is 14.9 Å². The largest absolute Gasteiger partial charge is 0.330 e. The summed E-state index contributed by atoms with van der Waals surface area (Å²) in [4.78, 5) is 17.3. The van der Waals surface area contributed by atoms with E-state index in [1.165, 1.54) is 18.7 Å². The summed E-state index contributed by atoms with van der Waals surface area (Å²) in [7, 11) is 0. The summed E-state index contributed by atoms with van der Waals surface area (Å²) in [6, 6.07) is 2.79. The van der Waals surface area contributed by atoms with Crippen LogP contribution < -0.4 is 10.2 Å². The second kappa shape index (κ2) is 4.23. The number of amides is 2. The van der Waals surface area contributed by atoms with Crippen molar-refractivity contribution in [2.75, 3.05) is 11.4 Å². The first-order valence-corrected chi connectivity index (χ1v) is 6.40. The fraction of sp³-hybridized carbons (Fsp3) is 0.538. The van der Waals surface area contributed by atoms with Gasteiger partial charge in [-0.2, -0.15) is 4.39 Å². The molecule has 1 aliphatic carbocycles. The number of carbonyl (C=O) groups is 1. The van der Waals surface area contributed by atoms with E-state index in [0.717, 1.165) is 25.7 Å². The zero-order valence-electron chi connectivity index (χ0n) is 10.2. The van der Waals surface area contributed by atoms with Gasteiger partial charge in [0.05, 0.1) is 24.0 Å². The van der Waals surface area contributed by atoms with Crippen molar-refractivity contribution in [3.63, 3.8) is 0 Å². The molecule has 2 aliphatic rings. The molecule has 96 valence electrons. The second-order valence-electron chi connectivity index (χ2n) is 5.20. The molecule has 2 fully saturated rings. The van der Waals surface area contributed by atoms with Crippen LogP contribution in [0.3, 0.4) is 0 Å². The lowest BCUT2D eigenvalue weighted by Gasteiger charge is -2.32. The maximum absolute atomic E-state index is 12.8. The van der Waals surface area contributed by atoms with Crippen LogP contribution in [0.2, 0.25) is 0 Å². The maximum Gasteiger partial charge on any atom is 0.322 e. The zero-order chi connectivity index (χ0) is 12.6. The minimum atomic E-state index is -0.522. The quantitative estimate of drug-likeness (QED) is 0.777. The molecule has 1 saturated heterocycles. The standard InChI is InChI=1S/C13H16FN3O/c14-11-5-4-10(8-15-11)17-9-13(16-12(17)18)6-2-1-3-7-13/h4-5,8H,1-3,6-7,9H2,(H,16,18). The third-order valence-electron chi connectivity index (χ3n) is 3.91. The summed E-state index contributed by atoms with van der Waals surface area (Å²) in [6.07, 6.45) is 7.05. The predicted octanol–water partition coefficient (Wildman–Crippen LogP) is 2.45. The molecule has 1 aromatic heterocycles. The molecule has 1 spiro atoms. The highest BCUT2D eigenvalue weighted by Gasteiger charge is 2.43. The van der Waals surface area contributed by atoms with Crippen molar-refractivity contribution in [1.29, 1.82) is 0 Å². The Labute approximate surface area is 105 Å². The highest BCUT2D eigenvalue weighted by atomic mass is 19.1. The van der Waals surface area contributed by atoms with Crippen LogP contribution in [0, 0.1) is 5.95 Å². The van der Waals surface area contributed by atoms with Gasteiger partial charge >= 0.3 is 6.03 Å². The Morgan fingerprint density at radius 1 is 1.28 bits per heavy atom. The number of aromatic nitrogens is 1. The molecule has 0 radical (unpaired) electrons. The molecule has 0 bridgehead atoms. The minimum absolute atomic E-state index is 0.0796. The average Bonchev–Trinajstić information content (AvgIpc) is 2.68. The third-order valence-corrected chi connectivity index (χ3v) is 3.91. The van der Waals surface area contributed by atoms with Crippen LogP contribution in [0.15, 0.2) is 18.3 Å². The molecular weight excluding hydrogens is 233 g/mol. The summed E-state index contributed by atoms with van der Waals surface area (Å²) in [6.45, 7) is 0.666. The summed E-state index contributed by atoms with van der Waals surface area (Å²) >= 11 is 0. The molecule has 1 aromatic rings. The first-order chi connectivity index (χ1) is 8.69. The molecule has 0 aromatic carbocycles. The molecule has 4 nitrogen and oxygen atoms in total. The van der Waals surface area contributed by atoms with Crippen molar-refractivity contribution in [3.8, 4) is 0 Å². The predicted molar refractivity (Wildman–Crippen MR) is 65.9 cm³/mol. The van der Waals surface area contributed by atoms with E-state index >= 15 is 0 Å². The Bertz CT molecular complexity index is 454. The monoisotopic (exact) mass is 249 g/mol. The number of nitrogens with zero attached hydrogens (tertiary/aromatic N) is 2. The van der Waals surface area contributed by atoms with Gasteiger partial charge in [-0.1, -0.05) is 19.3 Å². The molecule has 0 atom stereocenters. The normalized spacial score (nSPS) is 22.3. The van der Waals surface area contributed by atoms with Gasteiger partial charge in [0, 0.05) is 0 Å². The molecule has 0 unspecified atom stereocenters. The number of urea groups is 1. The van der Waals surface area contributed by atoms with Crippen LogP contribution in [0.5, 0.6) is 0 Å². The number of rotatable bonds is 1. The molecule has 2 heterocycles. The second-order valence-corrected chi connectivity index (χ2v) is 5.20. The Hall–Kier alpha value is -1.65. The van der Waals surface area contributed by atoms with E-state index in [0.29, 0.717) is 12.2 Å². The van der Waals surface area contributed by atoms with Crippen LogP contribution in [0.25, 0.3) is 0 Å². The Morgan fingerprint density at radius 3 is 2.72 bits per heavy atom. The van der Waals surface area contributed by atoms with E-state index in [2.05, 4.69) is 10.3 Å². The van der Waals surface area contributed by atoms with Gasteiger partial charge in [-0.3, -0.25) is 4.90 Å². The van der Waals surface area contributed by atoms with Crippen molar-refractivity contribution in [2.24, 2.45) is 0 Å². The molecular formula is C13H16FN3O. The number of pyridine rings is 1. The summed E-state index contributed by atoms with van der Waals surface area (Å²) in [5.41, 5.74) is 0.584. The highest BCUT2D eigenvalue weighted by Crippen LogP contribution is 2.34. The lowest BCUT2D eigenvalue weighted by Crippen LogP contribution is -2.44. The highest BCUT2D eigenvalue weighted by molar-refractivity contribution is 5.95. The van der Waals surface area contributed by atoms with Crippen molar-refractivity contribution < 1.29 is 9.18 Å². The minimum Gasteiger partial charge on any atom is -0.330 e. The third kappa shape index (κ3) is 1.94. The average molecular weight is 249 g/mol. The van der Waals surface area contributed by atoms with Gasteiger partial charge in [0.25, 0.3) is 0 Å². The topological polar surface area (TPSA) is 45.2 Å². The molecule has 2 amide bonds. The van der Waals surface area contributed by atoms with Crippen molar-refractivity contribution >= 4 is 11.7 Å². The van der Waals surface area contributed by atoms with Crippen LogP contribution in [-0.2, 0) is 0 Å². The van der Waals surface area contributed by atoms with Gasteiger partial charge in [-0.15, -0.1) is 0 Å². The molecule has 1 aliphatic heterocycles. The Kier molecular flexibility index (Phi) is 2.69. The lowest BCUT2D eigenvalue weighted by atomic mass is 9.82.